The Morgan fingerprint density at radius 3 is 2.95 bits per heavy atom. The van der Waals surface area contributed by atoms with Gasteiger partial charge >= 0.3 is 0 Å². The van der Waals surface area contributed by atoms with E-state index in [1.54, 1.807) is 0 Å². The third kappa shape index (κ3) is 3.78. The first-order valence-corrected chi connectivity index (χ1v) is 7.58. The molecule has 2 unspecified atom stereocenters. The number of piperidine rings is 1. The van der Waals surface area contributed by atoms with Crippen molar-refractivity contribution in [2.75, 3.05) is 29.9 Å². The molecule has 0 radical (unpaired) electrons. The third-order valence-electron chi connectivity index (χ3n) is 3.81. The van der Waals surface area contributed by atoms with Crippen LogP contribution in [0.4, 0.5) is 11.4 Å². The highest BCUT2D eigenvalue weighted by Gasteiger charge is 2.21. The zero-order valence-corrected chi connectivity index (χ0v) is 12.6. The van der Waals surface area contributed by atoms with Crippen molar-refractivity contribution >= 4 is 23.0 Å². The fourth-order valence-electron chi connectivity index (χ4n) is 2.65. The molecule has 0 aromatic heterocycles. The van der Waals surface area contributed by atoms with E-state index in [0.717, 1.165) is 17.9 Å². The molecule has 1 aromatic carbocycles. The molecule has 3 N–H and O–H groups in total. The second-order valence-corrected chi connectivity index (χ2v) is 5.85. The normalized spacial score (nSPS) is 20.8. The number of aliphatic hydroxyl groups is 2. The maximum atomic E-state index is 9.48. The van der Waals surface area contributed by atoms with Crippen molar-refractivity contribution < 1.29 is 10.2 Å². The largest absolute Gasteiger partial charge is 0.394 e. The molecular formula is C15H23ClN2O2. The highest BCUT2D eigenvalue weighted by Crippen LogP contribution is 2.33. The first-order valence-electron chi connectivity index (χ1n) is 7.21. The third-order valence-corrected chi connectivity index (χ3v) is 4.04. The van der Waals surface area contributed by atoms with Gasteiger partial charge in [-0.15, -0.1) is 0 Å². The van der Waals surface area contributed by atoms with E-state index in [4.69, 9.17) is 16.7 Å². The molecule has 112 valence electrons. The standard InChI is InChI=1S/C15H23ClN2O2/c1-11-4-2-3-7-18(11)15-6-5-12(16)8-14(15)17-9-13(20)10-19/h5-6,8,11,13,17,19-20H,2-4,7,9-10H2,1H3. The van der Waals surface area contributed by atoms with E-state index in [1.807, 2.05) is 18.2 Å². The molecule has 1 saturated heterocycles. The first kappa shape index (κ1) is 15.4. The van der Waals surface area contributed by atoms with Crippen LogP contribution in [0.3, 0.4) is 0 Å². The van der Waals surface area contributed by atoms with Gasteiger partial charge in [0.1, 0.15) is 0 Å². The van der Waals surface area contributed by atoms with Gasteiger partial charge in [-0.2, -0.15) is 0 Å². The molecule has 0 bridgehead atoms. The summed E-state index contributed by atoms with van der Waals surface area (Å²) in [6.07, 6.45) is 2.91. The second kappa shape index (κ2) is 7.16. The highest BCUT2D eigenvalue weighted by atomic mass is 35.5. The average Bonchev–Trinajstić information content (AvgIpc) is 2.46. The predicted octanol–water partition coefficient (Wildman–Crippen LogP) is 2.48. The molecule has 2 rings (SSSR count). The van der Waals surface area contributed by atoms with Crippen LogP contribution in [0.25, 0.3) is 0 Å². The SMILES string of the molecule is CC1CCCCN1c1ccc(Cl)cc1NCC(O)CO. The van der Waals surface area contributed by atoms with Crippen LogP contribution in [-0.4, -0.2) is 42.1 Å². The number of nitrogens with one attached hydrogen (secondary N) is 1. The quantitative estimate of drug-likeness (QED) is 0.782. The van der Waals surface area contributed by atoms with Crippen LogP contribution < -0.4 is 10.2 Å². The summed E-state index contributed by atoms with van der Waals surface area (Å²) in [7, 11) is 0. The molecule has 0 saturated carbocycles. The Balaban J connectivity index is 2.18. The van der Waals surface area contributed by atoms with Gasteiger partial charge in [-0.3, -0.25) is 0 Å². The molecule has 5 heteroatoms. The van der Waals surface area contributed by atoms with Crippen LogP contribution in [0.2, 0.25) is 5.02 Å². The summed E-state index contributed by atoms with van der Waals surface area (Å²) in [6, 6.07) is 6.31. The van der Waals surface area contributed by atoms with Crippen molar-refractivity contribution in [3.8, 4) is 0 Å². The molecule has 0 aliphatic carbocycles. The van der Waals surface area contributed by atoms with E-state index in [1.165, 1.54) is 19.3 Å². The van der Waals surface area contributed by atoms with Crippen LogP contribution in [0.15, 0.2) is 18.2 Å². The molecule has 0 amide bonds. The van der Waals surface area contributed by atoms with Gasteiger partial charge in [0.05, 0.1) is 24.1 Å². The maximum absolute atomic E-state index is 9.48. The number of aliphatic hydroxyl groups excluding tert-OH is 2. The lowest BCUT2D eigenvalue weighted by Gasteiger charge is -2.36. The predicted molar refractivity (Wildman–Crippen MR) is 83.7 cm³/mol. The van der Waals surface area contributed by atoms with E-state index < -0.39 is 6.10 Å². The van der Waals surface area contributed by atoms with Crippen LogP contribution in [-0.2, 0) is 0 Å². The zero-order chi connectivity index (χ0) is 14.5. The molecule has 2 atom stereocenters. The summed E-state index contributed by atoms with van der Waals surface area (Å²) in [5.74, 6) is 0. The lowest BCUT2D eigenvalue weighted by atomic mass is 10.0. The van der Waals surface area contributed by atoms with Gasteiger partial charge < -0.3 is 20.4 Å². The van der Waals surface area contributed by atoms with Crippen molar-refractivity contribution in [2.45, 2.75) is 38.3 Å². The smallest absolute Gasteiger partial charge is 0.0942 e. The summed E-state index contributed by atoms with van der Waals surface area (Å²) in [5, 5.41) is 22.2. The minimum absolute atomic E-state index is 0.247. The first-order chi connectivity index (χ1) is 9.61. The van der Waals surface area contributed by atoms with Gasteiger partial charge in [-0.25, -0.2) is 0 Å². The van der Waals surface area contributed by atoms with Crippen molar-refractivity contribution in [2.24, 2.45) is 0 Å². The number of halogens is 1. The molecule has 1 aromatic rings. The van der Waals surface area contributed by atoms with Crippen molar-refractivity contribution in [3.63, 3.8) is 0 Å². The summed E-state index contributed by atoms with van der Waals surface area (Å²) in [5.41, 5.74) is 2.03. The van der Waals surface area contributed by atoms with E-state index in [0.29, 0.717) is 17.6 Å². The van der Waals surface area contributed by atoms with E-state index in [2.05, 4.69) is 17.1 Å². The average molecular weight is 299 g/mol. The number of nitrogens with zero attached hydrogens (tertiary/aromatic N) is 1. The van der Waals surface area contributed by atoms with Crippen molar-refractivity contribution in [1.82, 2.24) is 0 Å². The topological polar surface area (TPSA) is 55.7 Å². The van der Waals surface area contributed by atoms with Crippen LogP contribution in [0.5, 0.6) is 0 Å². The Morgan fingerprint density at radius 2 is 2.25 bits per heavy atom. The monoisotopic (exact) mass is 298 g/mol. The molecule has 1 heterocycles. The van der Waals surface area contributed by atoms with Crippen LogP contribution in [0.1, 0.15) is 26.2 Å². The zero-order valence-electron chi connectivity index (χ0n) is 11.8. The Bertz CT molecular complexity index is 442. The van der Waals surface area contributed by atoms with Gasteiger partial charge in [0.2, 0.25) is 0 Å². The minimum atomic E-state index is -0.763. The highest BCUT2D eigenvalue weighted by molar-refractivity contribution is 6.31. The summed E-state index contributed by atoms with van der Waals surface area (Å²) >= 11 is 6.07. The minimum Gasteiger partial charge on any atom is -0.394 e. The number of anilines is 2. The lowest BCUT2D eigenvalue weighted by molar-refractivity contribution is 0.105. The van der Waals surface area contributed by atoms with E-state index in [9.17, 15) is 5.11 Å². The Kier molecular flexibility index (Phi) is 5.52. The molecular weight excluding hydrogens is 276 g/mol. The summed E-state index contributed by atoms with van der Waals surface area (Å²) in [4.78, 5) is 2.38. The Labute approximate surface area is 125 Å². The van der Waals surface area contributed by atoms with E-state index >= 15 is 0 Å². The fraction of sp³-hybridized carbons (Fsp3) is 0.600. The van der Waals surface area contributed by atoms with Crippen LogP contribution in [0, 0.1) is 0 Å². The molecule has 1 aliphatic heterocycles. The number of benzene rings is 1. The Hall–Kier alpha value is -0.970. The maximum Gasteiger partial charge on any atom is 0.0942 e. The lowest BCUT2D eigenvalue weighted by Crippen LogP contribution is -2.38. The summed E-state index contributed by atoms with van der Waals surface area (Å²) in [6.45, 7) is 3.34. The van der Waals surface area contributed by atoms with E-state index in [-0.39, 0.29) is 6.61 Å². The van der Waals surface area contributed by atoms with Gasteiger partial charge in [0.25, 0.3) is 0 Å². The fourth-order valence-corrected chi connectivity index (χ4v) is 2.82. The van der Waals surface area contributed by atoms with Gasteiger partial charge in [0.15, 0.2) is 0 Å². The molecule has 1 fully saturated rings. The molecule has 1 aliphatic rings. The number of hydrogen-bond donors (Lipinski definition) is 3. The number of hydrogen-bond acceptors (Lipinski definition) is 4. The molecule has 4 nitrogen and oxygen atoms in total. The summed E-state index contributed by atoms with van der Waals surface area (Å²) < 4.78 is 0. The van der Waals surface area contributed by atoms with Gasteiger partial charge in [-0.05, 0) is 44.4 Å². The van der Waals surface area contributed by atoms with Crippen LogP contribution >= 0.6 is 11.6 Å². The van der Waals surface area contributed by atoms with Crippen molar-refractivity contribution in [3.05, 3.63) is 23.2 Å². The van der Waals surface area contributed by atoms with Crippen molar-refractivity contribution in [1.29, 1.82) is 0 Å². The van der Waals surface area contributed by atoms with Gasteiger partial charge in [-0.1, -0.05) is 11.6 Å². The molecule has 0 spiro atoms. The second-order valence-electron chi connectivity index (χ2n) is 5.42. The Morgan fingerprint density at radius 1 is 1.45 bits per heavy atom. The molecule has 20 heavy (non-hydrogen) atoms. The number of rotatable bonds is 5. The van der Waals surface area contributed by atoms with Gasteiger partial charge in [0, 0.05) is 24.2 Å².